The number of halogens is 2. The minimum Gasteiger partial charge on any atom is -0.484 e. The lowest BCUT2D eigenvalue weighted by molar-refractivity contribution is 0.0454. The Morgan fingerprint density at radius 2 is 1.80 bits per heavy atom. The number of nitrogens with zero attached hydrogens (tertiary/aromatic N) is 4. The van der Waals surface area contributed by atoms with Crippen molar-refractivity contribution in [1.29, 1.82) is 0 Å². The van der Waals surface area contributed by atoms with E-state index in [0.29, 0.717) is 5.02 Å². The van der Waals surface area contributed by atoms with Crippen LogP contribution in [0.2, 0.25) is 10.0 Å². The maximum atomic E-state index is 6.58. The van der Waals surface area contributed by atoms with Crippen LogP contribution in [-0.4, -0.2) is 58.6 Å². The normalized spacial score (nSPS) is 22.2. The number of ether oxygens (including phenoxy) is 1. The molecule has 2 heterocycles. The van der Waals surface area contributed by atoms with Crippen LogP contribution in [0.1, 0.15) is 17.2 Å². The molecule has 5 rings (SSSR count). The maximum absolute atomic E-state index is 6.58. The Morgan fingerprint density at radius 1 is 1.03 bits per heavy atom. The van der Waals surface area contributed by atoms with Crippen LogP contribution in [0.15, 0.2) is 55.1 Å². The van der Waals surface area contributed by atoms with Gasteiger partial charge in [-0.15, -0.1) is 0 Å². The smallest absolute Gasteiger partial charge is 0.140 e. The highest BCUT2D eigenvalue weighted by Crippen LogP contribution is 2.42. The summed E-state index contributed by atoms with van der Waals surface area (Å²) in [6.45, 7) is 4.18. The fourth-order valence-corrected chi connectivity index (χ4v) is 5.07. The topological polar surface area (TPSA) is 33.5 Å². The van der Waals surface area contributed by atoms with Gasteiger partial charge in [-0.05, 0) is 55.4 Å². The summed E-state index contributed by atoms with van der Waals surface area (Å²) in [5, 5.41) is 1.39. The van der Waals surface area contributed by atoms with E-state index in [1.807, 2.05) is 47.2 Å². The minimum atomic E-state index is -0.0984. The first-order valence-electron chi connectivity index (χ1n) is 10.2. The third-order valence-corrected chi connectivity index (χ3v) is 6.73. The Hall–Kier alpha value is -2.05. The molecular weight excluding hydrogens is 419 g/mol. The molecule has 1 aliphatic carbocycles. The summed E-state index contributed by atoms with van der Waals surface area (Å²) in [7, 11) is 2.17. The number of benzene rings is 2. The molecule has 0 N–H and O–H groups in total. The van der Waals surface area contributed by atoms with E-state index in [9.17, 15) is 0 Å². The predicted molar refractivity (Wildman–Crippen MR) is 120 cm³/mol. The van der Waals surface area contributed by atoms with Gasteiger partial charge in [0.25, 0.3) is 0 Å². The number of imidazole rings is 1. The van der Waals surface area contributed by atoms with Crippen molar-refractivity contribution in [1.82, 2.24) is 19.4 Å². The van der Waals surface area contributed by atoms with E-state index in [-0.39, 0.29) is 12.1 Å². The summed E-state index contributed by atoms with van der Waals surface area (Å²) in [6.07, 6.45) is 6.27. The summed E-state index contributed by atoms with van der Waals surface area (Å²) >= 11 is 12.9. The van der Waals surface area contributed by atoms with E-state index in [4.69, 9.17) is 27.9 Å². The van der Waals surface area contributed by atoms with Crippen LogP contribution in [0.25, 0.3) is 5.69 Å². The lowest BCUT2D eigenvalue weighted by Gasteiger charge is -2.38. The Labute approximate surface area is 186 Å². The van der Waals surface area contributed by atoms with Crippen LogP contribution in [-0.2, 0) is 6.42 Å². The van der Waals surface area contributed by atoms with Crippen LogP contribution in [0, 0.1) is 0 Å². The molecule has 0 saturated carbocycles. The second kappa shape index (κ2) is 8.23. The van der Waals surface area contributed by atoms with Crippen molar-refractivity contribution in [3.05, 3.63) is 76.3 Å². The van der Waals surface area contributed by atoms with Crippen LogP contribution in [0.4, 0.5) is 0 Å². The van der Waals surface area contributed by atoms with Gasteiger partial charge in [-0.25, -0.2) is 4.98 Å². The Morgan fingerprint density at radius 3 is 2.50 bits per heavy atom. The van der Waals surface area contributed by atoms with Gasteiger partial charge >= 0.3 is 0 Å². The standard InChI is InChI=1S/C23H24Cl2N4O/c1-27-8-10-28(11-9-27)22-14-19-20(12-16(24)13-21(19)25)23(22)30-18-4-2-17(3-5-18)29-7-6-26-15-29/h2-7,12-13,15,22-23H,8-11,14H2,1H3/t22-,23+/m1/s1. The van der Waals surface area contributed by atoms with Crippen molar-refractivity contribution in [3.8, 4) is 11.4 Å². The van der Waals surface area contributed by atoms with Crippen molar-refractivity contribution < 1.29 is 4.74 Å². The van der Waals surface area contributed by atoms with E-state index in [0.717, 1.165) is 60.2 Å². The van der Waals surface area contributed by atoms with Gasteiger partial charge < -0.3 is 14.2 Å². The third kappa shape index (κ3) is 3.83. The maximum Gasteiger partial charge on any atom is 0.140 e. The SMILES string of the molecule is CN1CCN([C@@H]2Cc3c(Cl)cc(Cl)cc3[C@@H]2Oc2ccc(-n3ccnc3)cc2)CC1. The molecule has 30 heavy (non-hydrogen) atoms. The molecular formula is C23H24Cl2N4O. The van der Waals surface area contributed by atoms with E-state index in [2.05, 4.69) is 21.8 Å². The number of aromatic nitrogens is 2. The minimum absolute atomic E-state index is 0.0984. The van der Waals surface area contributed by atoms with E-state index in [1.165, 1.54) is 0 Å². The molecule has 2 aromatic carbocycles. The molecule has 1 aromatic heterocycles. The Bertz CT molecular complexity index is 1010. The summed E-state index contributed by atoms with van der Waals surface area (Å²) in [5.41, 5.74) is 3.31. The molecule has 2 atom stereocenters. The fourth-order valence-electron chi connectivity index (χ4n) is 4.49. The summed E-state index contributed by atoms with van der Waals surface area (Å²) < 4.78 is 8.55. The molecule has 3 aromatic rings. The first-order valence-corrected chi connectivity index (χ1v) is 11.0. The highest BCUT2D eigenvalue weighted by atomic mass is 35.5. The molecule has 0 spiro atoms. The van der Waals surface area contributed by atoms with Crippen LogP contribution in [0.5, 0.6) is 5.75 Å². The molecule has 5 nitrogen and oxygen atoms in total. The number of rotatable bonds is 4. The third-order valence-electron chi connectivity index (χ3n) is 6.17. The zero-order chi connectivity index (χ0) is 20.7. The monoisotopic (exact) mass is 442 g/mol. The van der Waals surface area contributed by atoms with Gasteiger partial charge in [-0.2, -0.15) is 0 Å². The molecule has 1 fully saturated rings. The largest absolute Gasteiger partial charge is 0.484 e. The molecule has 0 amide bonds. The second-order valence-electron chi connectivity index (χ2n) is 8.07. The molecule has 0 unspecified atom stereocenters. The van der Waals surface area contributed by atoms with Crippen molar-refractivity contribution in [2.24, 2.45) is 0 Å². The van der Waals surface area contributed by atoms with Gasteiger partial charge in [0.15, 0.2) is 0 Å². The van der Waals surface area contributed by atoms with Crippen LogP contribution in [0.3, 0.4) is 0 Å². The lowest BCUT2D eigenvalue weighted by atomic mass is 10.1. The number of piperazine rings is 1. The fraction of sp³-hybridized carbons (Fsp3) is 0.348. The van der Waals surface area contributed by atoms with Gasteiger partial charge in [0.05, 0.1) is 12.4 Å². The lowest BCUT2D eigenvalue weighted by Crippen LogP contribution is -2.50. The Kier molecular flexibility index (Phi) is 5.46. The average Bonchev–Trinajstić information content (AvgIpc) is 3.39. The zero-order valence-corrected chi connectivity index (χ0v) is 18.4. The second-order valence-corrected chi connectivity index (χ2v) is 8.91. The van der Waals surface area contributed by atoms with Gasteiger partial charge in [0, 0.05) is 59.9 Å². The quantitative estimate of drug-likeness (QED) is 0.596. The molecule has 1 saturated heterocycles. The van der Waals surface area contributed by atoms with E-state index < -0.39 is 0 Å². The summed E-state index contributed by atoms with van der Waals surface area (Å²) in [6, 6.07) is 12.2. The molecule has 0 radical (unpaired) electrons. The van der Waals surface area contributed by atoms with Gasteiger partial charge in [-0.1, -0.05) is 23.2 Å². The molecule has 1 aliphatic heterocycles. The van der Waals surface area contributed by atoms with Gasteiger partial charge in [0.1, 0.15) is 11.9 Å². The van der Waals surface area contributed by atoms with E-state index >= 15 is 0 Å². The molecule has 156 valence electrons. The van der Waals surface area contributed by atoms with Crippen molar-refractivity contribution in [3.63, 3.8) is 0 Å². The van der Waals surface area contributed by atoms with Crippen LogP contribution >= 0.6 is 23.2 Å². The van der Waals surface area contributed by atoms with Crippen molar-refractivity contribution in [2.45, 2.75) is 18.6 Å². The van der Waals surface area contributed by atoms with E-state index in [1.54, 1.807) is 12.5 Å². The number of hydrogen-bond donors (Lipinski definition) is 0. The first-order chi connectivity index (χ1) is 14.6. The highest BCUT2D eigenvalue weighted by Gasteiger charge is 2.40. The molecule has 0 bridgehead atoms. The average molecular weight is 443 g/mol. The Balaban J connectivity index is 1.44. The van der Waals surface area contributed by atoms with Crippen molar-refractivity contribution in [2.75, 3.05) is 33.2 Å². The molecule has 7 heteroatoms. The molecule has 2 aliphatic rings. The summed E-state index contributed by atoms with van der Waals surface area (Å²) in [4.78, 5) is 9.02. The van der Waals surface area contributed by atoms with Crippen LogP contribution < -0.4 is 4.74 Å². The predicted octanol–water partition coefficient (Wildman–Crippen LogP) is 4.47. The zero-order valence-electron chi connectivity index (χ0n) is 16.8. The summed E-state index contributed by atoms with van der Waals surface area (Å²) in [5.74, 6) is 0.840. The van der Waals surface area contributed by atoms with Crippen molar-refractivity contribution >= 4 is 23.2 Å². The number of likely N-dealkylation sites (N-methyl/N-ethyl adjacent to an activating group) is 1. The first kappa shape index (κ1) is 19.9. The highest BCUT2D eigenvalue weighted by molar-refractivity contribution is 6.35. The number of fused-ring (bicyclic) bond motifs is 1. The van der Waals surface area contributed by atoms with Gasteiger partial charge in [0.2, 0.25) is 0 Å². The number of hydrogen-bond acceptors (Lipinski definition) is 4. The van der Waals surface area contributed by atoms with Gasteiger partial charge in [-0.3, -0.25) is 4.90 Å².